The summed E-state index contributed by atoms with van der Waals surface area (Å²) in [5.74, 6) is 0.620. The molecule has 3 atom stereocenters. The maximum atomic E-state index is 13.4. The van der Waals surface area contributed by atoms with Gasteiger partial charge in [-0.15, -0.1) is 0 Å². The summed E-state index contributed by atoms with van der Waals surface area (Å²) >= 11 is 0. The van der Waals surface area contributed by atoms with Gasteiger partial charge in [0.05, 0.1) is 5.92 Å². The van der Waals surface area contributed by atoms with Crippen LogP contribution in [0.3, 0.4) is 0 Å². The molecule has 0 bridgehead atoms. The molecule has 5 rings (SSSR count). The van der Waals surface area contributed by atoms with Crippen LogP contribution in [0.4, 0.5) is 4.39 Å². The zero-order chi connectivity index (χ0) is 23.5. The van der Waals surface area contributed by atoms with E-state index in [-0.39, 0.29) is 35.9 Å². The molecule has 3 unspecified atom stereocenters. The average Bonchev–Trinajstić information content (AvgIpc) is 3.29. The van der Waals surface area contributed by atoms with Crippen molar-refractivity contribution >= 4 is 17.6 Å². The maximum Gasteiger partial charge on any atom is 0.231 e. The normalized spacial score (nSPS) is 23.6. The summed E-state index contributed by atoms with van der Waals surface area (Å²) in [6.45, 7) is 0.887. The molecule has 0 radical (unpaired) electrons. The topological polar surface area (TPSA) is 77.0 Å². The van der Waals surface area contributed by atoms with Gasteiger partial charge in [-0.25, -0.2) is 4.39 Å². The van der Waals surface area contributed by atoms with Crippen LogP contribution < -0.4 is 10.7 Å². The van der Waals surface area contributed by atoms with E-state index in [4.69, 9.17) is 0 Å². The maximum absolute atomic E-state index is 13.4. The van der Waals surface area contributed by atoms with Crippen LogP contribution in [0.1, 0.15) is 49.7 Å². The number of amidine groups is 1. The van der Waals surface area contributed by atoms with Crippen molar-refractivity contribution in [1.82, 2.24) is 20.5 Å². The third kappa shape index (κ3) is 4.62. The number of nitrogens with zero attached hydrogens (tertiary/aromatic N) is 3. The summed E-state index contributed by atoms with van der Waals surface area (Å²) in [6, 6.07) is 16.2. The Morgan fingerprint density at radius 1 is 1.06 bits per heavy atom. The van der Waals surface area contributed by atoms with Gasteiger partial charge in [-0.2, -0.15) is 5.10 Å². The van der Waals surface area contributed by atoms with Crippen LogP contribution in [0.15, 0.2) is 59.7 Å². The first-order valence-corrected chi connectivity index (χ1v) is 12.1. The third-order valence-corrected chi connectivity index (χ3v) is 7.03. The van der Waals surface area contributed by atoms with Crippen LogP contribution in [0, 0.1) is 11.7 Å². The predicted molar refractivity (Wildman–Crippen MR) is 126 cm³/mol. The third-order valence-electron chi connectivity index (χ3n) is 7.03. The van der Waals surface area contributed by atoms with Gasteiger partial charge in [0.1, 0.15) is 11.7 Å². The molecule has 1 saturated heterocycles. The molecule has 2 aromatic carbocycles. The van der Waals surface area contributed by atoms with Crippen molar-refractivity contribution < 1.29 is 14.0 Å². The van der Waals surface area contributed by atoms with Gasteiger partial charge in [-0.1, -0.05) is 55.3 Å². The molecular weight excluding hydrogens is 433 g/mol. The van der Waals surface area contributed by atoms with Crippen LogP contribution in [-0.2, 0) is 22.7 Å². The number of hydrogen-bond donors (Lipinski definition) is 2. The minimum atomic E-state index is -0.315. The van der Waals surface area contributed by atoms with Crippen molar-refractivity contribution in [2.75, 3.05) is 0 Å². The number of rotatable bonds is 7. The molecule has 2 aromatic rings. The molecule has 178 valence electrons. The number of carbonyl (C=O) groups excluding carboxylic acids is 2. The highest BCUT2D eigenvalue weighted by atomic mass is 19.1. The molecule has 3 aliphatic rings. The minimum absolute atomic E-state index is 0.0360. The summed E-state index contributed by atoms with van der Waals surface area (Å²) in [7, 11) is 0. The Hall–Kier alpha value is -3.42. The van der Waals surface area contributed by atoms with E-state index in [2.05, 4.69) is 20.7 Å². The fourth-order valence-corrected chi connectivity index (χ4v) is 5.30. The quantitative estimate of drug-likeness (QED) is 0.661. The molecule has 1 saturated carbocycles. The molecule has 2 fully saturated rings. The summed E-state index contributed by atoms with van der Waals surface area (Å²) < 4.78 is 13.1. The molecule has 2 aliphatic heterocycles. The first kappa shape index (κ1) is 22.4. The van der Waals surface area contributed by atoms with E-state index in [1.54, 1.807) is 12.1 Å². The second-order valence-electron chi connectivity index (χ2n) is 9.25. The summed E-state index contributed by atoms with van der Waals surface area (Å²) in [6.07, 6.45) is 4.50. The number of fused-ring (bicyclic) bond motifs is 3. The summed E-state index contributed by atoms with van der Waals surface area (Å²) in [4.78, 5) is 30.1. The van der Waals surface area contributed by atoms with Gasteiger partial charge in [0.15, 0.2) is 6.29 Å². The highest BCUT2D eigenvalue weighted by Gasteiger charge is 2.50. The first-order chi connectivity index (χ1) is 16.6. The van der Waals surface area contributed by atoms with Crippen molar-refractivity contribution in [2.24, 2.45) is 11.0 Å². The zero-order valence-electron chi connectivity index (χ0n) is 19.1. The predicted octanol–water partition coefficient (Wildman–Crippen LogP) is 3.33. The van der Waals surface area contributed by atoms with Gasteiger partial charge in [-0.05, 0) is 36.1 Å². The highest BCUT2D eigenvalue weighted by Crippen LogP contribution is 2.38. The smallest absolute Gasteiger partial charge is 0.231 e. The van der Waals surface area contributed by atoms with E-state index in [9.17, 15) is 14.0 Å². The van der Waals surface area contributed by atoms with Crippen LogP contribution in [0.5, 0.6) is 0 Å². The zero-order valence-corrected chi connectivity index (χ0v) is 19.1. The number of carbonyl (C=O) groups is 2. The van der Waals surface area contributed by atoms with Crippen LogP contribution in [-0.4, -0.2) is 39.8 Å². The largest absolute Gasteiger partial charge is 0.352 e. The van der Waals surface area contributed by atoms with Crippen LogP contribution in [0.2, 0.25) is 0 Å². The molecule has 8 heteroatoms. The molecule has 34 heavy (non-hydrogen) atoms. The van der Waals surface area contributed by atoms with Crippen molar-refractivity contribution in [3.05, 3.63) is 71.5 Å². The first-order valence-electron chi connectivity index (χ1n) is 12.1. The van der Waals surface area contributed by atoms with E-state index < -0.39 is 0 Å². The summed E-state index contributed by atoms with van der Waals surface area (Å²) in [5.41, 5.74) is 5.12. The molecule has 0 aromatic heterocycles. The fraction of sp³-hybridized carbons (Fsp3) is 0.423. The summed E-state index contributed by atoms with van der Waals surface area (Å²) in [5, 5.41) is 7.47. The van der Waals surface area contributed by atoms with Gasteiger partial charge in [0.2, 0.25) is 11.8 Å². The molecule has 1 aliphatic carbocycles. The highest BCUT2D eigenvalue weighted by molar-refractivity contribution is 5.91. The standard InChI is InChI=1S/C26H30FN5O2/c27-20-12-10-18(11-13-20)16-28-24(33)15-14-23-29-30-26-31(17-19-6-2-1-3-7-19)25(34)21-8-4-5-9-22(21)32(23)26/h1-3,6-7,10-13,21-22,26,30H,4-5,8-9,14-17H2,(H,28,33). The monoisotopic (exact) mass is 463 g/mol. The SMILES string of the molecule is O=C(CCC1=NNC2N(Cc3ccccc3)C(=O)C3CCCCC3N12)NCc1ccc(F)cc1. The second kappa shape index (κ2) is 9.83. The molecule has 0 spiro atoms. The fourth-order valence-electron chi connectivity index (χ4n) is 5.30. The number of halogens is 1. The molecule has 2 heterocycles. The van der Waals surface area contributed by atoms with Crippen LogP contribution >= 0.6 is 0 Å². The van der Waals surface area contributed by atoms with E-state index >= 15 is 0 Å². The molecular formula is C26H30FN5O2. The average molecular weight is 464 g/mol. The van der Waals surface area contributed by atoms with Crippen molar-refractivity contribution in [3.63, 3.8) is 0 Å². The van der Waals surface area contributed by atoms with Crippen molar-refractivity contribution in [2.45, 2.75) is 63.9 Å². The molecule has 2 N–H and O–H groups in total. The molecule has 2 amide bonds. The Kier molecular flexibility index (Phi) is 6.47. The Morgan fingerprint density at radius 2 is 1.82 bits per heavy atom. The molecule has 7 nitrogen and oxygen atoms in total. The number of hydrogen-bond acceptors (Lipinski definition) is 5. The lowest BCUT2D eigenvalue weighted by molar-refractivity contribution is -0.156. The van der Waals surface area contributed by atoms with Gasteiger partial charge >= 0.3 is 0 Å². The van der Waals surface area contributed by atoms with E-state index in [0.29, 0.717) is 25.9 Å². The second-order valence-corrected chi connectivity index (χ2v) is 9.25. The Bertz CT molecular complexity index is 1060. The Morgan fingerprint density at radius 3 is 2.62 bits per heavy atom. The van der Waals surface area contributed by atoms with E-state index in [1.165, 1.54) is 12.1 Å². The van der Waals surface area contributed by atoms with Crippen LogP contribution in [0.25, 0.3) is 0 Å². The Labute approximate surface area is 199 Å². The lowest BCUT2D eigenvalue weighted by atomic mass is 9.80. The lowest BCUT2D eigenvalue weighted by Gasteiger charge is -2.50. The number of nitrogens with one attached hydrogen (secondary N) is 2. The lowest BCUT2D eigenvalue weighted by Crippen LogP contribution is -2.67. The van der Waals surface area contributed by atoms with Crippen molar-refractivity contribution in [3.8, 4) is 0 Å². The Balaban J connectivity index is 1.24. The number of hydrazone groups is 1. The van der Waals surface area contributed by atoms with Gasteiger partial charge < -0.3 is 10.2 Å². The van der Waals surface area contributed by atoms with Gasteiger partial charge in [-0.3, -0.25) is 19.9 Å². The number of benzene rings is 2. The van der Waals surface area contributed by atoms with Crippen molar-refractivity contribution in [1.29, 1.82) is 0 Å². The number of amides is 2. The van der Waals surface area contributed by atoms with E-state index in [0.717, 1.165) is 42.6 Å². The van der Waals surface area contributed by atoms with E-state index in [1.807, 2.05) is 35.2 Å². The van der Waals surface area contributed by atoms with Gasteiger partial charge in [0, 0.05) is 32.0 Å². The van der Waals surface area contributed by atoms with Gasteiger partial charge in [0.25, 0.3) is 0 Å². The minimum Gasteiger partial charge on any atom is -0.352 e.